The molecule has 0 bridgehead atoms. The molecule has 144 valence electrons. The van der Waals surface area contributed by atoms with Gasteiger partial charge in [0.1, 0.15) is 11.4 Å². The molecule has 2 aromatic rings. The summed E-state index contributed by atoms with van der Waals surface area (Å²) in [6.07, 6.45) is 1.32. The molecule has 0 unspecified atom stereocenters. The standard InChI is InChI=1S/C18H22N4O3S2/c1-3-25-17(24)14-10-21-18(22-16(14)19)27-11-15(23)20-8-9-26-13-6-4-12(2)5-7-13/h4-7,10H,3,8-9,11H2,1-2H3,(H,20,23)(H2,19,21,22). The number of carbonyl (C=O) groups excluding carboxylic acids is 2. The number of carbonyl (C=O) groups is 2. The van der Waals surface area contributed by atoms with Gasteiger partial charge in [0.05, 0.1) is 12.4 Å². The summed E-state index contributed by atoms with van der Waals surface area (Å²) >= 11 is 2.85. The van der Waals surface area contributed by atoms with Gasteiger partial charge in [0.15, 0.2) is 5.16 Å². The van der Waals surface area contributed by atoms with Crippen LogP contribution >= 0.6 is 23.5 Å². The summed E-state index contributed by atoms with van der Waals surface area (Å²) in [6, 6.07) is 8.27. The summed E-state index contributed by atoms with van der Waals surface area (Å²) in [6.45, 7) is 4.57. The van der Waals surface area contributed by atoms with Gasteiger partial charge in [-0.1, -0.05) is 29.5 Å². The van der Waals surface area contributed by atoms with Gasteiger partial charge in [0.25, 0.3) is 0 Å². The van der Waals surface area contributed by atoms with E-state index < -0.39 is 5.97 Å². The Morgan fingerprint density at radius 2 is 1.96 bits per heavy atom. The first-order chi connectivity index (χ1) is 13.0. The van der Waals surface area contributed by atoms with Crippen molar-refractivity contribution in [3.63, 3.8) is 0 Å². The molecule has 1 heterocycles. The van der Waals surface area contributed by atoms with E-state index in [1.54, 1.807) is 18.7 Å². The first-order valence-electron chi connectivity index (χ1n) is 8.38. The van der Waals surface area contributed by atoms with Crippen molar-refractivity contribution in [1.82, 2.24) is 15.3 Å². The number of hydrogen-bond acceptors (Lipinski definition) is 8. The van der Waals surface area contributed by atoms with Crippen LogP contribution in [0.4, 0.5) is 5.82 Å². The molecule has 0 atom stereocenters. The number of hydrogen-bond donors (Lipinski definition) is 2. The predicted molar refractivity (Wildman–Crippen MR) is 108 cm³/mol. The average molecular weight is 407 g/mol. The fraction of sp³-hybridized carbons (Fsp3) is 0.333. The van der Waals surface area contributed by atoms with Gasteiger partial charge >= 0.3 is 5.97 Å². The Labute approximate surface area is 166 Å². The lowest BCUT2D eigenvalue weighted by molar-refractivity contribution is -0.118. The zero-order chi connectivity index (χ0) is 19.6. The number of thioether (sulfide) groups is 2. The maximum absolute atomic E-state index is 11.9. The molecule has 1 aromatic carbocycles. The molecule has 0 saturated carbocycles. The number of nitrogens with zero attached hydrogens (tertiary/aromatic N) is 2. The van der Waals surface area contributed by atoms with Crippen molar-refractivity contribution < 1.29 is 14.3 Å². The third-order valence-electron chi connectivity index (χ3n) is 3.34. The molecule has 0 aliphatic carbocycles. The maximum Gasteiger partial charge on any atom is 0.343 e. The minimum Gasteiger partial charge on any atom is -0.462 e. The van der Waals surface area contributed by atoms with Gasteiger partial charge in [-0.25, -0.2) is 14.8 Å². The Morgan fingerprint density at radius 3 is 2.63 bits per heavy atom. The predicted octanol–water partition coefficient (Wildman–Crippen LogP) is 2.54. The van der Waals surface area contributed by atoms with Crippen LogP contribution in [0.25, 0.3) is 0 Å². The molecule has 0 saturated heterocycles. The smallest absolute Gasteiger partial charge is 0.343 e. The van der Waals surface area contributed by atoms with Crippen LogP contribution in [0, 0.1) is 6.92 Å². The molecule has 0 spiro atoms. The minimum atomic E-state index is -0.560. The number of anilines is 1. The molecule has 0 radical (unpaired) electrons. The van der Waals surface area contributed by atoms with Gasteiger partial charge in [-0.2, -0.15) is 0 Å². The molecule has 1 amide bonds. The summed E-state index contributed by atoms with van der Waals surface area (Å²) in [5.74, 6) is 0.335. The molecule has 27 heavy (non-hydrogen) atoms. The molecule has 0 aliphatic rings. The average Bonchev–Trinajstić information content (AvgIpc) is 2.65. The van der Waals surface area contributed by atoms with Crippen molar-refractivity contribution >= 4 is 41.2 Å². The largest absolute Gasteiger partial charge is 0.462 e. The molecular weight excluding hydrogens is 384 g/mol. The lowest BCUT2D eigenvalue weighted by Gasteiger charge is -2.07. The molecule has 0 fully saturated rings. The SMILES string of the molecule is CCOC(=O)c1cnc(SCC(=O)NCCSc2ccc(C)cc2)nc1N. The Kier molecular flexibility index (Phi) is 8.41. The highest BCUT2D eigenvalue weighted by molar-refractivity contribution is 7.99. The first-order valence-corrected chi connectivity index (χ1v) is 10.3. The van der Waals surface area contributed by atoms with Crippen LogP contribution in [-0.2, 0) is 9.53 Å². The van der Waals surface area contributed by atoms with Crippen LogP contribution in [0.15, 0.2) is 40.5 Å². The number of aromatic nitrogens is 2. The zero-order valence-corrected chi connectivity index (χ0v) is 16.9. The lowest BCUT2D eigenvalue weighted by Crippen LogP contribution is -2.27. The van der Waals surface area contributed by atoms with E-state index in [4.69, 9.17) is 10.5 Å². The molecular formula is C18H22N4O3S2. The Morgan fingerprint density at radius 1 is 1.22 bits per heavy atom. The zero-order valence-electron chi connectivity index (χ0n) is 15.2. The van der Waals surface area contributed by atoms with E-state index in [1.165, 1.54) is 16.7 Å². The van der Waals surface area contributed by atoms with Crippen molar-refractivity contribution in [2.75, 3.05) is 30.4 Å². The first kappa shape index (κ1) is 21.0. The normalized spacial score (nSPS) is 10.4. The van der Waals surface area contributed by atoms with Gasteiger partial charge in [-0.05, 0) is 26.0 Å². The van der Waals surface area contributed by atoms with E-state index in [1.807, 2.05) is 6.92 Å². The topological polar surface area (TPSA) is 107 Å². The number of ether oxygens (including phenoxy) is 1. The number of nitrogens with one attached hydrogen (secondary N) is 1. The molecule has 3 N–H and O–H groups in total. The van der Waals surface area contributed by atoms with Gasteiger partial charge in [-0.3, -0.25) is 4.79 Å². The van der Waals surface area contributed by atoms with Crippen LogP contribution < -0.4 is 11.1 Å². The van der Waals surface area contributed by atoms with Crippen molar-refractivity contribution in [2.24, 2.45) is 0 Å². The summed E-state index contributed by atoms with van der Waals surface area (Å²) in [4.78, 5) is 32.8. The van der Waals surface area contributed by atoms with Crippen molar-refractivity contribution in [2.45, 2.75) is 23.9 Å². The van der Waals surface area contributed by atoms with E-state index in [-0.39, 0.29) is 29.6 Å². The monoisotopic (exact) mass is 406 g/mol. The number of benzene rings is 1. The molecule has 2 rings (SSSR count). The number of nitrogen functional groups attached to an aromatic ring is 1. The van der Waals surface area contributed by atoms with Crippen LogP contribution in [0.5, 0.6) is 0 Å². The molecule has 0 aliphatic heterocycles. The molecule has 1 aromatic heterocycles. The second-order valence-electron chi connectivity index (χ2n) is 5.47. The van der Waals surface area contributed by atoms with Gasteiger partial charge in [0, 0.05) is 23.4 Å². The molecule has 9 heteroatoms. The summed E-state index contributed by atoms with van der Waals surface area (Å²) in [5.41, 5.74) is 7.10. The Bertz CT molecular complexity index is 785. The van der Waals surface area contributed by atoms with E-state index in [0.717, 1.165) is 17.5 Å². The summed E-state index contributed by atoms with van der Waals surface area (Å²) in [7, 11) is 0. The van der Waals surface area contributed by atoms with Gasteiger partial charge in [0.2, 0.25) is 5.91 Å². The van der Waals surface area contributed by atoms with E-state index >= 15 is 0 Å². The van der Waals surface area contributed by atoms with Gasteiger partial charge < -0.3 is 15.8 Å². The lowest BCUT2D eigenvalue weighted by atomic mass is 10.2. The summed E-state index contributed by atoms with van der Waals surface area (Å²) in [5, 5.41) is 3.19. The minimum absolute atomic E-state index is 0.0425. The number of aryl methyl sites for hydroxylation is 1. The Balaban J connectivity index is 1.71. The van der Waals surface area contributed by atoms with E-state index in [2.05, 4.69) is 39.6 Å². The quantitative estimate of drug-likeness (QED) is 0.283. The van der Waals surface area contributed by atoms with Crippen LogP contribution in [0.2, 0.25) is 0 Å². The fourth-order valence-corrected chi connectivity index (χ4v) is 3.41. The van der Waals surface area contributed by atoms with Crippen molar-refractivity contribution in [3.8, 4) is 0 Å². The third-order valence-corrected chi connectivity index (χ3v) is 5.21. The van der Waals surface area contributed by atoms with Crippen molar-refractivity contribution in [3.05, 3.63) is 41.6 Å². The van der Waals surface area contributed by atoms with Crippen LogP contribution in [-0.4, -0.2) is 46.5 Å². The number of esters is 1. The second kappa shape index (κ2) is 10.8. The number of amides is 1. The third kappa shape index (κ3) is 7.10. The molecule has 7 nitrogen and oxygen atoms in total. The highest BCUT2D eigenvalue weighted by Gasteiger charge is 2.14. The fourth-order valence-electron chi connectivity index (χ4n) is 1.99. The maximum atomic E-state index is 11.9. The van der Waals surface area contributed by atoms with E-state index in [9.17, 15) is 9.59 Å². The number of nitrogens with two attached hydrogens (primary N) is 1. The van der Waals surface area contributed by atoms with E-state index in [0.29, 0.717) is 11.7 Å². The number of rotatable bonds is 9. The van der Waals surface area contributed by atoms with Crippen molar-refractivity contribution in [1.29, 1.82) is 0 Å². The second-order valence-corrected chi connectivity index (χ2v) is 7.58. The van der Waals surface area contributed by atoms with Crippen LogP contribution in [0.1, 0.15) is 22.8 Å². The highest BCUT2D eigenvalue weighted by Crippen LogP contribution is 2.18. The Hall–Kier alpha value is -2.26. The summed E-state index contributed by atoms with van der Waals surface area (Å²) < 4.78 is 4.87. The van der Waals surface area contributed by atoms with Crippen LogP contribution in [0.3, 0.4) is 0 Å². The highest BCUT2D eigenvalue weighted by atomic mass is 32.2. The van der Waals surface area contributed by atoms with Gasteiger partial charge in [-0.15, -0.1) is 11.8 Å².